The maximum Gasteiger partial charge on any atom is 0.257 e. The van der Waals surface area contributed by atoms with E-state index >= 15 is 0 Å². The maximum absolute atomic E-state index is 12.7. The molecule has 0 spiro atoms. The van der Waals surface area contributed by atoms with Crippen molar-refractivity contribution in [3.8, 4) is 0 Å². The predicted molar refractivity (Wildman–Crippen MR) is 84.0 cm³/mol. The van der Waals surface area contributed by atoms with Crippen molar-refractivity contribution in [1.29, 1.82) is 0 Å². The molecule has 2 N–H and O–H groups in total. The average molecular weight is 286 g/mol. The SMILES string of the molecule is Cc1nn(C)c(C)c1C(=O)N(C)C(C)c1cccc(N)c1. The molecule has 21 heavy (non-hydrogen) atoms. The summed E-state index contributed by atoms with van der Waals surface area (Å²) in [6.45, 7) is 5.76. The van der Waals surface area contributed by atoms with Crippen LogP contribution in [0, 0.1) is 13.8 Å². The van der Waals surface area contributed by atoms with Gasteiger partial charge in [-0.15, -0.1) is 0 Å². The highest BCUT2D eigenvalue weighted by molar-refractivity contribution is 5.96. The fourth-order valence-corrected chi connectivity index (χ4v) is 2.48. The van der Waals surface area contributed by atoms with Gasteiger partial charge >= 0.3 is 0 Å². The average Bonchev–Trinajstić information content (AvgIpc) is 2.70. The summed E-state index contributed by atoms with van der Waals surface area (Å²) in [6.07, 6.45) is 0. The van der Waals surface area contributed by atoms with E-state index in [4.69, 9.17) is 5.73 Å². The van der Waals surface area contributed by atoms with Gasteiger partial charge in [-0.05, 0) is 38.5 Å². The van der Waals surface area contributed by atoms with Crippen LogP contribution in [0.2, 0.25) is 0 Å². The van der Waals surface area contributed by atoms with Gasteiger partial charge in [0.2, 0.25) is 0 Å². The molecule has 1 aromatic carbocycles. The third kappa shape index (κ3) is 2.77. The minimum Gasteiger partial charge on any atom is -0.399 e. The summed E-state index contributed by atoms with van der Waals surface area (Å²) in [5.41, 5.74) is 9.85. The smallest absolute Gasteiger partial charge is 0.257 e. The molecule has 0 aliphatic rings. The molecule has 0 saturated heterocycles. The van der Waals surface area contributed by atoms with Gasteiger partial charge in [0, 0.05) is 25.5 Å². The number of carbonyl (C=O) groups excluding carboxylic acids is 1. The molecular formula is C16H22N4O. The molecule has 5 heteroatoms. The first-order valence-electron chi connectivity index (χ1n) is 6.95. The van der Waals surface area contributed by atoms with Crippen LogP contribution in [-0.2, 0) is 7.05 Å². The lowest BCUT2D eigenvalue weighted by atomic mass is 10.0. The number of hydrogen-bond acceptors (Lipinski definition) is 3. The quantitative estimate of drug-likeness (QED) is 0.881. The summed E-state index contributed by atoms with van der Waals surface area (Å²) in [7, 11) is 3.66. The molecule has 2 rings (SSSR count). The van der Waals surface area contributed by atoms with E-state index < -0.39 is 0 Å². The number of nitrogens with two attached hydrogens (primary N) is 1. The standard InChI is InChI=1S/C16H22N4O/c1-10-15(12(3)20(5)18-10)16(21)19(4)11(2)13-7-6-8-14(17)9-13/h6-9,11H,17H2,1-5H3. The molecule has 112 valence electrons. The van der Waals surface area contributed by atoms with Crippen LogP contribution in [0.15, 0.2) is 24.3 Å². The summed E-state index contributed by atoms with van der Waals surface area (Å²) >= 11 is 0. The number of hydrogen-bond donors (Lipinski definition) is 1. The molecule has 5 nitrogen and oxygen atoms in total. The Bertz CT molecular complexity index is 675. The number of carbonyl (C=O) groups is 1. The van der Waals surface area contributed by atoms with Crippen LogP contribution in [-0.4, -0.2) is 27.6 Å². The van der Waals surface area contributed by atoms with Gasteiger partial charge in [-0.2, -0.15) is 5.10 Å². The van der Waals surface area contributed by atoms with Crippen molar-refractivity contribution in [3.05, 3.63) is 46.8 Å². The third-order valence-electron chi connectivity index (χ3n) is 4.02. The Morgan fingerprint density at radius 3 is 2.57 bits per heavy atom. The first-order chi connectivity index (χ1) is 9.82. The first-order valence-corrected chi connectivity index (χ1v) is 6.95. The molecule has 1 aromatic heterocycles. The van der Waals surface area contributed by atoms with E-state index in [2.05, 4.69) is 5.10 Å². The van der Waals surface area contributed by atoms with Crippen LogP contribution in [0.5, 0.6) is 0 Å². The number of aryl methyl sites for hydroxylation is 2. The van der Waals surface area contributed by atoms with Gasteiger partial charge in [-0.3, -0.25) is 9.48 Å². The Morgan fingerprint density at radius 2 is 2.05 bits per heavy atom. The molecule has 0 aliphatic heterocycles. The normalized spacial score (nSPS) is 12.2. The van der Waals surface area contributed by atoms with Gasteiger partial charge < -0.3 is 10.6 Å². The van der Waals surface area contributed by atoms with Crippen LogP contribution in [0.1, 0.15) is 40.3 Å². The number of benzene rings is 1. The maximum atomic E-state index is 12.7. The minimum atomic E-state index is -0.0555. The molecular weight excluding hydrogens is 264 g/mol. The zero-order valence-electron chi connectivity index (χ0n) is 13.2. The van der Waals surface area contributed by atoms with E-state index in [9.17, 15) is 4.79 Å². The Labute approximate surface area is 125 Å². The van der Waals surface area contributed by atoms with E-state index in [1.807, 2.05) is 59.1 Å². The molecule has 0 aliphatic carbocycles. The predicted octanol–water partition coefficient (Wildman–Crippen LogP) is 2.45. The van der Waals surface area contributed by atoms with E-state index in [0.717, 1.165) is 17.0 Å². The van der Waals surface area contributed by atoms with Crippen LogP contribution in [0.25, 0.3) is 0 Å². The molecule has 2 aromatic rings. The highest BCUT2D eigenvalue weighted by Crippen LogP contribution is 2.24. The molecule has 0 radical (unpaired) electrons. The molecule has 1 unspecified atom stereocenters. The zero-order valence-corrected chi connectivity index (χ0v) is 13.2. The first kappa shape index (κ1) is 15.1. The number of rotatable bonds is 3. The van der Waals surface area contributed by atoms with Crippen molar-refractivity contribution in [2.45, 2.75) is 26.8 Å². The third-order valence-corrected chi connectivity index (χ3v) is 4.02. The Kier molecular flexibility index (Phi) is 4.02. The van der Waals surface area contributed by atoms with Gasteiger partial charge in [0.25, 0.3) is 5.91 Å². The van der Waals surface area contributed by atoms with Gasteiger partial charge in [0.1, 0.15) is 0 Å². The molecule has 1 atom stereocenters. The minimum absolute atomic E-state index is 0.0203. The van der Waals surface area contributed by atoms with Crippen molar-refractivity contribution in [2.24, 2.45) is 7.05 Å². The number of anilines is 1. The molecule has 0 fully saturated rings. The van der Waals surface area contributed by atoms with Crippen LogP contribution in [0.3, 0.4) is 0 Å². The highest BCUT2D eigenvalue weighted by atomic mass is 16.2. The lowest BCUT2D eigenvalue weighted by molar-refractivity contribution is 0.0741. The van der Waals surface area contributed by atoms with Gasteiger partial charge in [-0.25, -0.2) is 0 Å². The molecule has 1 amide bonds. The van der Waals surface area contributed by atoms with Gasteiger partial charge in [-0.1, -0.05) is 12.1 Å². The van der Waals surface area contributed by atoms with Crippen molar-refractivity contribution >= 4 is 11.6 Å². The van der Waals surface area contributed by atoms with Crippen LogP contribution >= 0.6 is 0 Å². The second-order valence-electron chi connectivity index (χ2n) is 5.43. The van der Waals surface area contributed by atoms with Crippen molar-refractivity contribution in [3.63, 3.8) is 0 Å². The summed E-state index contributed by atoms with van der Waals surface area (Å²) in [5, 5.41) is 4.31. The summed E-state index contributed by atoms with van der Waals surface area (Å²) in [5.74, 6) is -0.0203. The number of aromatic nitrogens is 2. The van der Waals surface area contributed by atoms with E-state index in [1.54, 1.807) is 9.58 Å². The summed E-state index contributed by atoms with van der Waals surface area (Å²) in [4.78, 5) is 14.5. The topological polar surface area (TPSA) is 64.2 Å². The molecule has 1 heterocycles. The fraction of sp³-hybridized carbons (Fsp3) is 0.375. The Morgan fingerprint density at radius 1 is 1.38 bits per heavy atom. The van der Waals surface area contributed by atoms with E-state index in [0.29, 0.717) is 11.3 Å². The van der Waals surface area contributed by atoms with Crippen LogP contribution in [0.4, 0.5) is 5.69 Å². The lowest BCUT2D eigenvalue weighted by Crippen LogP contribution is -2.30. The lowest BCUT2D eigenvalue weighted by Gasteiger charge is -2.25. The van der Waals surface area contributed by atoms with Crippen molar-refractivity contribution in [2.75, 3.05) is 12.8 Å². The second kappa shape index (κ2) is 5.60. The van der Waals surface area contributed by atoms with Crippen molar-refractivity contribution in [1.82, 2.24) is 14.7 Å². The van der Waals surface area contributed by atoms with Gasteiger partial charge in [0.05, 0.1) is 17.3 Å². The largest absolute Gasteiger partial charge is 0.399 e. The molecule has 0 saturated carbocycles. The number of amides is 1. The molecule has 0 bridgehead atoms. The van der Waals surface area contributed by atoms with E-state index in [1.165, 1.54) is 0 Å². The Hall–Kier alpha value is -2.30. The fourth-order valence-electron chi connectivity index (χ4n) is 2.48. The zero-order chi connectivity index (χ0) is 15.7. The van der Waals surface area contributed by atoms with Crippen molar-refractivity contribution < 1.29 is 4.79 Å². The number of nitrogen functional groups attached to an aromatic ring is 1. The van der Waals surface area contributed by atoms with Gasteiger partial charge in [0.15, 0.2) is 0 Å². The number of nitrogens with zero attached hydrogens (tertiary/aromatic N) is 3. The second-order valence-corrected chi connectivity index (χ2v) is 5.43. The van der Waals surface area contributed by atoms with E-state index in [-0.39, 0.29) is 11.9 Å². The summed E-state index contributed by atoms with van der Waals surface area (Å²) < 4.78 is 1.74. The highest BCUT2D eigenvalue weighted by Gasteiger charge is 2.24. The van der Waals surface area contributed by atoms with Crippen LogP contribution < -0.4 is 5.73 Å². The monoisotopic (exact) mass is 286 g/mol. The Balaban J connectivity index is 2.31. The summed E-state index contributed by atoms with van der Waals surface area (Å²) in [6, 6.07) is 7.57.